The van der Waals surface area contributed by atoms with Gasteiger partial charge < -0.3 is 12.4 Å². The van der Waals surface area contributed by atoms with Crippen LogP contribution in [0.3, 0.4) is 0 Å². The fraction of sp³-hybridized carbons (Fsp3) is 0.400. The Morgan fingerprint density at radius 2 is 1.71 bits per heavy atom. The van der Waals surface area contributed by atoms with Gasteiger partial charge in [-0.3, -0.25) is 0 Å². The summed E-state index contributed by atoms with van der Waals surface area (Å²) < 4.78 is 0. The molecule has 3 nitrogen and oxygen atoms in total. The van der Waals surface area contributed by atoms with Crippen molar-refractivity contribution in [1.29, 1.82) is 0 Å². The van der Waals surface area contributed by atoms with Crippen LogP contribution in [0, 0.1) is 0 Å². The Morgan fingerprint density at radius 1 is 1.21 bits per heavy atom. The molecule has 0 radical (unpaired) electrons. The van der Waals surface area contributed by atoms with Gasteiger partial charge in [-0.1, -0.05) is 30.3 Å². The Kier molecular flexibility index (Phi) is 5.08. The molecule has 4 heteroatoms. The summed E-state index contributed by atoms with van der Waals surface area (Å²) in [6, 6.07) is 9.15. The van der Waals surface area contributed by atoms with Gasteiger partial charge in [-0.05, 0) is 18.7 Å². The van der Waals surface area contributed by atoms with Crippen LogP contribution in [-0.4, -0.2) is 21.8 Å². The average molecular weight is 218 g/mol. The van der Waals surface area contributed by atoms with Crippen molar-refractivity contribution in [2.45, 2.75) is 19.9 Å². The molecule has 0 aliphatic carbocycles. The number of hydrogen-bond donors (Lipinski definition) is 2. The molecule has 0 amide bonds. The first-order chi connectivity index (χ1) is 6.08. The van der Waals surface area contributed by atoms with Crippen molar-refractivity contribution < 1.29 is 27.6 Å². The molecular weight excluding hydrogens is 202 g/mol. The summed E-state index contributed by atoms with van der Waals surface area (Å²) in [4.78, 5) is -0.954. The Labute approximate surface area is 90.5 Å². The third-order valence-electron chi connectivity index (χ3n) is 2.37. The summed E-state index contributed by atoms with van der Waals surface area (Å²) in [6.07, 6.45) is 0. The summed E-state index contributed by atoms with van der Waals surface area (Å²) in [5.74, 6) is 0. The van der Waals surface area contributed by atoms with Gasteiger partial charge in [0.05, 0.1) is 0 Å². The summed E-state index contributed by atoms with van der Waals surface area (Å²) in [5, 5.41) is 19.1. The minimum absolute atomic E-state index is 0. The number of quaternary nitrogens is 1. The van der Waals surface area contributed by atoms with Gasteiger partial charge in [0.1, 0.15) is 6.54 Å². The maximum Gasteiger partial charge on any atom is 0.174 e. The van der Waals surface area contributed by atoms with Crippen LogP contribution >= 0.6 is 0 Å². The molecule has 0 bridgehead atoms. The molecule has 0 saturated heterocycles. The lowest BCUT2D eigenvalue weighted by Crippen LogP contribution is -3.00. The SMILES string of the molecule is CC[N+](O)(O)C(C)c1ccccc1.[Cl-]. The highest BCUT2D eigenvalue weighted by molar-refractivity contribution is 5.16. The van der Waals surface area contributed by atoms with Crippen molar-refractivity contribution in [1.82, 2.24) is 0 Å². The van der Waals surface area contributed by atoms with E-state index in [4.69, 9.17) is 0 Å². The van der Waals surface area contributed by atoms with Gasteiger partial charge in [-0.15, -0.1) is 0 Å². The molecule has 1 atom stereocenters. The summed E-state index contributed by atoms with van der Waals surface area (Å²) in [6.45, 7) is 3.80. The second-order valence-electron chi connectivity index (χ2n) is 3.19. The van der Waals surface area contributed by atoms with E-state index in [-0.39, 0.29) is 25.0 Å². The van der Waals surface area contributed by atoms with Crippen molar-refractivity contribution in [3.05, 3.63) is 35.9 Å². The molecule has 2 N–H and O–H groups in total. The normalized spacial score (nSPS) is 13.1. The maximum atomic E-state index is 9.54. The largest absolute Gasteiger partial charge is 1.00 e. The van der Waals surface area contributed by atoms with Gasteiger partial charge in [0.15, 0.2) is 6.04 Å². The lowest BCUT2D eigenvalue weighted by Gasteiger charge is -2.26. The van der Waals surface area contributed by atoms with Crippen LogP contribution in [0.15, 0.2) is 30.3 Å². The zero-order valence-corrected chi connectivity index (χ0v) is 9.15. The zero-order chi connectivity index (χ0) is 9.90. The Morgan fingerprint density at radius 3 is 2.14 bits per heavy atom. The summed E-state index contributed by atoms with van der Waals surface area (Å²) >= 11 is 0. The van der Waals surface area contributed by atoms with E-state index in [9.17, 15) is 10.4 Å². The van der Waals surface area contributed by atoms with Crippen LogP contribution in [0.1, 0.15) is 25.5 Å². The molecule has 80 valence electrons. The molecule has 0 spiro atoms. The number of nitrogens with zero attached hydrogens (tertiary/aromatic N) is 1. The van der Waals surface area contributed by atoms with Crippen LogP contribution in [0.5, 0.6) is 0 Å². The van der Waals surface area contributed by atoms with E-state index in [1.54, 1.807) is 13.8 Å². The molecule has 1 unspecified atom stereocenters. The number of rotatable bonds is 3. The molecule has 1 aromatic rings. The van der Waals surface area contributed by atoms with E-state index in [0.29, 0.717) is 0 Å². The fourth-order valence-electron chi connectivity index (χ4n) is 1.24. The minimum atomic E-state index is -0.954. The van der Waals surface area contributed by atoms with Crippen molar-refractivity contribution in [2.75, 3.05) is 6.54 Å². The molecule has 1 rings (SSSR count). The van der Waals surface area contributed by atoms with Crippen molar-refractivity contribution in [3.8, 4) is 0 Å². The Hall–Kier alpha value is -0.610. The molecule has 0 fully saturated rings. The van der Waals surface area contributed by atoms with Gasteiger partial charge >= 0.3 is 0 Å². The minimum Gasteiger partial charge on any atom is -1.00 e. The van der Waals surface area contributed by atoms with Crippen LogP contribution in [-0.2, 0) is 0 Å². The second-order valence-corrected chi connectivity index (χ2v) is 3.19. The lowest BCUT2D eigenvalue weighted by molar-refractivity contribution is -1.26. The molecule has 0 saturated carbocycles. The molecule has 14 heavy (non-hydrogen) atoms. The molecule has 0 aliphatic rings. The first-order valence-corrected chi connectivity index (χ1v) is 4.46. The van der Waals surface area contributed by atoms with E-state index >= 15 is 0 Å². The van der Waals surface area contributed by atoms with E-state index in [1.807, 2.05) is 30.3 Å². The lowest BCUT2D eigenvalue weighted by atomic mass is 10.1. The number of halogens is 1. The number of hydrogen-bond acceptors (Lipinski definition) is 2. The van der Waals surface area contributed by atoms with Crippen LogP contribution in [0.2, 0.25) is 0 Å². The predicted molar refractivity (Wildman–Crippen MR) is 49.2 cm³/mol. The fourth-order valence-corrected chi connectivity index (χ4v) is 1.24. The first-order valence-electron chi connectivity index (χ1n) is 4.46. The van der Waals surface area contributed by atoms with Gasteiger partial charge in [0.25, 0.3) is 0 Å². The molecule has 0 aliphatic heterocycles. The number of hydroxylamine groups is 4. The highest BCUT2D eigenvalue weighted by atomic mass is 35.5. The van der Waals surface area contributed by atoms with E-state index in [2.05, 4.69) is 0 Å². The standard InChI is InChI=1S/C10H16NO2.ClH/c1-3-11(12,13)9(2)10-7-5-4-6-8-10;/h4-9,12-13H,3H2,1-2H3;1H/q+1;/p-1. The van der Waals surface area contributed by atoms with Gasteiger partial charge in [-0.2, -0.15) is 10.4 Å². The summed E-state index contributed by atoms with van der Waals surface area (Å²) in [7, 11) is 0. The monoisotopic (exact) mass is 217 g/mol. The smallest absolute Gasteiger partial charge is 0.174 e. The van der Waals surface area contributed by atoms with E-state index < -0.39 is 4.81 Å². The van der Waals surface area contributed by atoms with Crippen molar-refractivity contribution in [3.63, 3.8) is 0 Å². The summed E-state index contributed by atoms with van der Waals surface area (Å²) in [5.41, 5.74) is 0.925. The van der Waals surface area contributed by atoms with Gasteiger partial charge in [0.2, 0.25) is 0 Å². The second kappa shape index (κ2) is 5.32. The zero-order valence-electron chi connectivity index (χ0n) is 8.39. The predicted octanol–water partition coefficient (Wildman–Crippen LogP) is -0.633. The van der Waals surface area contributed by atoms with Crippen molar-refractivity contribution >= 4 is 0 Å². The van der Waals surface area contributed by atoms with E-state index in [0.717, 1.165) is 5.56 Å². The highest BCUT2D eigenvalue weighted by Gasteiger charge is 2.30. The van der Waals surface area contributed by atoms with E-state index in [1.165, 1.54) is 0 Å². The van der Waals surface area contributed by atoms with Crippen LogP contribution in [0.4, 0.5) is 0 Å². The average Bonchev–Trinajstić information content (AvgIpc) is 2.18. The van der Waals surface area contributed by atoms with Crippen LogP contribution in [0.25, 0.3) is 0 Å². The molecule has 0 heterocycles. The quantitative estimate of drug-likeness (QED) is 0.523. The van der Waals surface area contributed by atoms with Gasteiger partial charge in [0, 0.05) is 5.56 Å². The highest BCUT2D eigenvalue weighted by Crippen LogP contribution is 2.22. The maximum absolute atomic E-state index is 9.54. The third kappa shape index (κ3) is 2.96. The Balaban J connectivity index is 0.00000169. The topological polar surface area (TPSA) is 40.5 Å². The molecule has 0 aromatic heterocycles. The third-order valence-corrected chi connectivity index (χ3v) is 2.37. The van der Waals surface area contributed by atoms with Crippen LogP contribution < -0.4 is 12.4 Å². The molecular formula is C10H16ClNO2. The Bertz CT molecular complexity index is 264. The first kappa shape index (κ1) is 13.4. The molecule has 1 aromatic carbocycles. The van der Waals surface area contributed by atoms with Gasteiger partial charge in [-0.25, -0.2) is 0 Å². The number of benzene rings is 1. The van der Waals surface area contributed by atoms with Crippen molar-refractivity contribution in [2.24, 2.45) is 0 Å².